The Kier molecular flexibility index (Phi) is 5.17. The van der Waals surface area contributed by atoms with Gasteiger partial charge in [-0.05, 0) is 31.0 Å². The number of carboxylic acids is 1. The van der Waals surface area contributed by atoms with Crippen LogP contribution in [0.2, 0.25) is 0 Å². The van der Waals surface area contributed by atoms with E-state index in [0.717, 1.165) is 0 Å². The van der Waals surface area contributed by atoms with E-state index < -0.39 is 23.3 Å². The van der Waals surface area contributed by atoms with Crippen LogP contribution in [-0.4, -0.2) is 34.1 Å². The Morgan fingerprint density at radius 3 is 2.64 bits per heavy atom. The predicted molar refractivity (Wildman–Crippen MR) is 85.4 cm³/mol. The number of benzene rings is 1. The molecule has 1 aromatic rings. The molecule has 130 valence electrons. The lowest BCUT2D eigenvalue weighted by molar-refractivity contribution is -0.129. The molecule has 0 spiro atoms. The van der Waals surface area contributed by atoms with E-state index in [1.165, 1.54) is 24.3 Å². The van der Waals surface area contributed by atoms with Crippen LogP contribution in [0.25, 0.3) is 0 Å². The van der Waals surface area contributed by atoms with Crippen LogP contribution in [0.4, 0.5) is 0 Å². The van der Waals surface area contributed by atoms with Gasteiger partial charge in [-0.3, -0.25) is 4.79 Å². The summed E-state index contributed by atoms with van der Waals surface area (Å²) in [6.45, 7) is 3.89. The molecule has 0 aliphatic carbocycles. The van der Waals surface area contributed by atoms with Gasteiger partial charge in [0.15, 0.2) is 5.78 Å². The topological polar surface area (TPSA) is 126 Å². The highest BCUT2D eigenvalue weighted by atomic mass is 16.7. The number of Topliss-reactive ketones (excluding diaryl/α,β-unsaturated/α-hetero) is 1. The molecule has 25 heavy (non-hydrogen) atoms. The van der Waals surface area contributed by atoms with Crippen molar-refractivity contribution in [3.05, 3.63) is 29.3 Å². The maximum Gasteiger partial charge on any atom is 0.369 e. The zero-order chi connectivity index (χ0) is 18.6. The molecule has 1 N–H and O–H groups in total. The van der Waals surface area contributed by atoms with Gasteiger partial charge in [0.2, 0.25) is 0 Å². The standard InChI is InChI=1S/C17H16N2O6/c1-3-17(4-2)8-13(20)11-7-10(5-6-14(11)24-17)16(23)25-19-12(9-18)15(21)22/h5-7H,3-4,8H2,1-2H3,(H,21,22)/b19-12-. The van der Waals surface area contributed by atoms with E-state index in [2.05, 4.69) is 9.99 Å². The van der Waals surface area contributed by atoms with Gasteiger partial charge in [-0.25, -0.2) is 9.59 Å². The Hall–Kier alpha value is -3.21. The first-order valence-electron chi connectivity index (χ1n) is 7.64. The van der Waals surface area contributed by atoms with Crippen molar-refractivity contribution in [1.29, 1.82) is 5.26 Å². The summed E-state index contributed by atoms with van der Waals surface area (Å²) in [4.78, 5) is 39.4. The van der Waals surface area contributed by atoms with Gasteiger partial charge in [0.1, 0.15) is 17.4 Å². The van der Waals surface area contributed by atoms with E-state index in [1.54, 1.807) is 0 Å². The number of aliphatic carboxylic acids is 1. The molecular weight excluding hydrogens is 328 g/mol. The van der Waals surface area contributed by atoms with Gasteiger partial charge in [0.25, 0.3) is 5.71 Å². The third-order valence-electron chi connectivity index (χ3n) is 4.14. The Labute approximate surface area is 143 Å². The summed E-state index contributed by atoms with van der Waals surface area (Å²) in [7, 11) is 0. The molecule has 1 aliphatic rings. The zero-order valence-corrected chi connectivity index (χ0v) is 13.7. The van der Waals surface area contributed by atoms with Crippen LogP contribution < -0.4 is 4.74 Å². The summed E-state index contributed by atoms with van der Waals surface area (Å²) < 4.78 is 5.95. The first-order valence-corrected chi connectivity index (χ1v) is 7.64. The van der Waals surface area contributed by atoms with Gasteiger partial charge in [0, 0.05) is 0 Å². The fraction of sp³-hybridized carbons (Fsp3) is 0.353. The fourth-order valence-electron chi connectivity index (χ4n) is 2.51. The molecule has 8 nitrogen and oxygen atoms in total. The average Bonchev–Trinajstić information content (AvgIpc) is 2.61. The van der Waals surface area contributed by atoms with Crippen LogP contribution in [0.5, 0.6) is 5.75 Å². The normalized spacial score (nSPS) is 15.6. The van der Waals surface area contributed by atoms with E-state index >= 15 is 0 Å². The van der Waals surface area contributed by atoms with E-state index in [4.69, 9.17) is 15.1 Å². The monoisotopic (exact) mass is 344 g/mol. The van der Waals surface area contributed by atoms with Crippen molar-refractivity contribution >= 4 is 23.4 Å². The Morgan fingerprint density at radius 2 is 2.08 bits per heavy atom. The van der Waals surface area contributed by atoms with Crippen molar-refractivity contribution in [1.82, 2.24) is 0 Å². The number of ether oxygens (including phenoxy) is 1. The van der Waals surface area contributed by atoms with Gasteiger partial charge in [-0.1, -0.05) is 19.0 Å². The molecule has 1 aliphatic heterocycles. The summed E-state index contributed by atoms with van der Waals surface area (Å²) in [6.07, 6.45) is 1.57. The van der Waals surface area contributed by atoms with Crippen molar-refractivity contribution in [3.63, 3.8) is 0 Å². The number of nitriles is 1. The first kappa shape index (κ1) is 18.1. The van der Waals surface area contributed by atoms with Crippen molar-refractivity contribution in [2.75, 3.05) is 0 Å². The van der Waals surface area contributed by atoms with E-state index in [0.29, 0.717) is 18.6 Å². The Morgan fingerprint density at radius 1 is 1.40 bits per heavy atom. The summed E-state index contributed by atoms with van der Waals surface area (Å²) in [5.74, 6) is -2.35. The van der Waals surface area contributed by atoms with E-state index in [1.807, 2.05) is 13.8 Å². The lowest BCUT2D eigenvalue weighted by Gasteiger charge is -2.36. The highest BCUT2D eigenvalue weighted by Gasteiger charge is 2.38. The zero-order valence-electron chi connectivity index (χ0n) is 13.7. The molecule has 1 heterocycles. The number of carboxylic acid groups (broad SMARTS) is 1. The van der Waals surface area contributed by atoms with Gasteiger partial charge in [-0.15, -0.1) is 0 Å². The molecule has 0 radical (unpaired) electrons. The fourth-order valence-corrected chi connectivity index (χ4v) is 2.51. The molecule has 0 fully saturated rings. The summed E-state index contributed by atoms with van der Waals surface area (Å²) in [5.41, 5.74) is -1.24. The number of carbonyl (C=O) groups excluding carboxylic acids is 2. The second kappa shape index (κ2) is 7.13. The lowest BCUT2D eigenvalue weighted by Crippen LogP contribution is -2.41. The van der Waals surface area contributed by atoms with E-state index in [-0.39, 0.29) is 23.3 Å². The molecule has 1 aromatic carbocycles. The molecular formula is C17H16N2O6. The molecule has 0 amide bonds. The minimum atomic E-state index is -1.61. The summed E-state index contributed by atoms with van der Waals surface area (Å²) in [5, 5.41) is 20.2. The van der Waals surface area contributed by atoms with Crippen LogP contribution in [0.3, 0.4) is 0 Å². The largest absolute Gasteiger partial charge is 0.486 e. The molecule has 8 heteroatoms. The van der Waals surface area contributed by atoms with Crippen molar-refractivity contribution in [2.45, 2.75) is 38.7 Å². The van der Waals surface area contributed by atoms with Gasteiger partial charge in [-0.2, -0.15) is 5.26 Å². The van der Waals surface area contributed by atoms with Crippen LogP contribution in [-0.2, 0) is 9.63 Å². The number of hydrogen-bond acceptors (Lipinski definition) is 7. The maximum atomic E-state index is 12.4. The number of ketones is 1. The van der Waals surface area contributed by atoms with Gasteiger partial charge < -0.3 is 14.7 Å². The van der Waals surface area contributed by atoms with Gasteiger partial charge in [0.05, 0.1) is 17.5 Å². The second-order valence-corrected chi connectivity index (χ2v) is 5.54. The predicted octanol–water partition coefficient (Wildman–Crippen LogP) is 2.33. The smallest absolute Gasteiger partial charge is 0.369 e. The third kappa shape index (κ3) is 3.66. The Balaban J connectivity index is 2.26. The maximum absolute atomic E-state index is 12.4. The molecule has 0 unspecified atom stereocenters. The van der Waals surface area contributed by atoms with Gasteiger partial charge >= 0.3 is 11.9 Å². The average molecular weight is 344 g/mol. The third-order valence-corrected chi connectivity index (χ3v) is 4.14. The molecule has 0 saturated carbocycles. The first-order chi connectivity index (χ1) is 11.9. The van der Waals surface area contributed by atoms with Crippen LogP contribution in [0.1, 0.15) is 53.8 Å². The van der Waals surface area contributed by atoms with Crippen LogP contribution in [0.15, 0.2) is 23.4 Å². The summed E-state index contributed by atoms with van der Waals surface area (Å²) in [6, 6.07) is 5.49. The molecule has 0 aromatic heterocycles. The van der Waals surface area contributed by atoms with Crippen molar-refractivity contribution < 1.29 is 29.1 Å². The quantitative estimate of drug-likeness (QED) is 0.493. The molecule has 0 saturated heterocycles. The molecule has 0 atom stereocenters. The molecule has 2 rings (SSSR count). The van der Waals surface area contributed by atoms with Crippen LogP contribution in [0, 0.1) is 11.3 Å². The number of carbonyl (C=O) groups is 3. The molecule has 0 bridgehead atoms. The SMILES string of the molecule is CCC1(CC)CC(=O)c2cc(C(=O)O/N=C(/C#N)C(=O)O)ccc2O1. The number of oxime groups is 1. The highest BCUT2D eigenvalue weighted by molar-refractivity contribution is 6.42. The lowest BCUT2D eigenvalue weighted by atomic mass is 9.85. The second-order valence-electron chi connectivity index (χ2n) is 5.54. The minimum Gasteiger partial charge on any atom is -0.486 e. The number of rotatable bonds is 5. The highest BCUT2D eigenvalue weighted by Crippen LogP contribution is 2.37. The minimum absolute atomic E-state index is 0.00243. The number of nitrogens with zero attached hydrogens (tertiary/aromatic N) is 2. The Bertz CT molecular complexity index is 802. The van der Waals surface area contributed by atoms with Crippen molar-refractivity contribution in [3.8, 4) is 11.8 Å². The van der Waals surface area contributed by atoms with E-state index in [9.17, 15) is 14.4 Å². The summed E-state index contributed by atoms with van der Waals surface area (Å²) >= 11 is 0. The number of fused-ring (bicyclic) bond motifs is 1. The van der Waals surface area contributed by atoms with Crippen molar-refractivity contribution in [2.24, 2.45) is 5.16 Å². The van der Waals surface area contributed by atoms with Crippen LogP contribution >= 0.6 is 0 Å². The number of hydrogen-bond donors (Lipinski definition) is 1.